The second-order valence-electron chi connectivity index (χ2n) is 5.51. The molecule has 0 unspecified atom stereocenters. The van der Waals surface area contributed by atoms with Crippen LogP contribution in [0.15, 0.2) is 30.3 Å². The van der Waals surface area contributed by atoms with Gasteiger partial charge in [-0.05, 0) is 24.3 Å². The van der Waals surface area contributed by atoms with E-state index in [2.05, 4.69) is 56.0 Å². The molecular weight excluding hydrogens is 280 g/mol. The smallest absolute Gasteiger partial charge is 0.136 e. The molecular formula is C18H25ClN2. The summed E-state index contributed by atoms with van der Waals surface area (Å²) in [5.41, 5.74) is 0.952. The van der Waals surface area contributed by atoms with Gasteiger partial charge in [0.05, 0.1) is 11.6 Å². The fraction of sp³-hybridized carbons (Fsp3) is 0.500. The molecule has 21 heavy (non-hydrogen) atoms. The van der Waals surface area contributed by atoms with Crippen molar-refractivity contribution in [3.8, 4) is 0 Å². The summed E-state index contributed by atoms with van der Waals surface area (Å²) < 4.78 is 0. The highest BCUT2D eigenvalue weighted by Gasteiger charge is 2.15. The Morgan fingerprint density at radius 3 is 2.48 bits per heavy atom. The van der Waals surface area contributed by atoms with Crippen molar-refractivity contribution in [2.45, 2.75) is 39.5 Å². The first-order chi connectivity index (χ1) is 10.2. The number of halogens is 1. The van der Waals surface area contributed by atoms with Gasteiger partial charge in [-0.25, -0.2) is 4.98 Å². The van der Waals surface area contributed by atoms with Crippen molar-refractivity contribution >= 4 is 28.2 Å². The lowest BCUT2D eigenvalue weighted by Gasteiger charge is -2.28. The van der Waals surface area contributed by atoms with Crippen molar-refractivity contribution in [2.75, 3.05) is 18.0 Å². The van der Waals surface area contributed by atoms with Crippen LogP contribution in [0.2, 0.25) is 0 Å². The van der Waals surface area contributed by atoms with E-state index in [9.17, 15) is 0 Å². The molecule has 3 heteroatoms. The molecule has 0 aliphatic rings. The Morgan fingerprint density at radius 1 is 1.14 bits per heavy atom. The van der Waals surface area contributed by atoms with Crippen LogP contribution in [0.1, 0.15) is 39.3 Å². The number of nitrogens with zero attached hydrogens (tertiary/aromatic N) is 2. The van der Waals surface area contributed by atoms with Crippen LogP contribution in [-0.2, 0) is 5.88 Å². The molecule has 0 saturated carbocycles. The molecule has 0 aliphatic heterocycles. The first-order valence-corrected chi connectivity index (χ1v) is 8.46. The molecule has 0 fully saturated rings. The fourth-order valence-corrected chi connectivity index (χ4v) is 2.90. The Bertz CT molecular complexity index is 578. The van der Waals surface area contributed by atoms with Crippen molar-refractivity contribution in [3.05, 3.63) is 36.0 Å². The normalized spacial score (nSPS) is 11.3. The Morgan fingerprint density at radius 2 is 1.86 bits per heavy atom. The van der Waals surface area contributed by atoms with Crippen LogP contribution in [0.4, 0.5) is 5.82 Å². The topological polar surface area (TPSA) is 16.1 Å². The first kappa shape index (κ1) is 16.1. The zero-order chi connectivity index (χ0) is 15.2. The largest absolute Gasteiger partial charge is 0.356 e. The van der Waals surface area contributed by atoms with Crippen LogP contribution in [0.5, 0.6) is 0 Å². The highest BCUT2D eigenvalue weighted by atomic mass is 35.5. The minimum atomic E-state index is 0.459. The molecule has 0 atom stereocenters. The molecule has 0 saturated heterocycles. The Labute approximate surface area is 133 Å². The molecule has 0 aliphatic carbocycles. The third kappa shape index (κ3) is 3.68. The van der Waals surface area contributed by atoms with Gasteiger partial charge in [-0.1, -0.05) is 51.0 Å². The van der Waals surface area contributed by atoms with Crippen LogP contribution in [0, 0.1) is 5.92 Å². The molecule has 2 rings (SSSR count). The van der Waals surface area contributed by atoms with Crippen molar-refractivity contribution in [3.63, 3.8) is 0 Å². The van der Waals surface area contributed by atoms with E-state index >= 15 is 0 Å². The summed E-state index contributed by atoms with van der Waals surface area (Å²) in [5.74, 6) is 2.25. The van der Waals surface area contributed by atoms with E-state index in [4.69, 9.17) is 16.6 Å². The number of rotatable bonds is 7. The van der Waals surface area contributed by atoms with Crippen LogP contribution in [-0.4, -0.2) is 18.1 Å². The van der Waals surface area contributed by atoms with Gasteiger partial charge >= 0.3 is 0 Å². The fourth-order valence-electron chi connectivity index (χ4n) is 2.77. The lowest BCUT2D eigenvalue weighted by molar-refractivity contribution is 0.485. The summed E-state index contributed by atoms with van der Waals surface area (Å²) in [7, 11) is 0. The molecule has 0 amide bonds. The highest BCUT2D eigenvalue weighted by molar-refractivity contribution is 6.17. The summed E-state index contributed by atoms with van der Waals surface area (Å²) in [4.78, 5) is 7.21. The van der Waals surface area contributed by atoms with E-state index < -0.39 is 0 Å². The Kier molecular flexibility index (Phi) is 5.86. The van der Waals surface area contributed by atoms with Gasteiger partial charge in [-0.2, -0.15) is 0 Å². The second-order valence-corrected chi connectivity index (χ2v) is 5.78. The van der Waals surface area contributed by atoms with E-state index in [0.717, 1.165) is 24.6 Å². The van der Waals surface area contributed by atoms with Gasteiger partial charge in [0, 0.05) is 18.5 Å². The Balaban J connectivity index is 2.46. The summed E-state index contributed by atoms with van der Waals surface area (Å²) in [6.07, 6.45) is 2.42. The molecule has 1 aromatic heterocycles. The third-order valence-corrected chi connectivity index (χ3v) is 4.50. The van der Waals surface area contributed by atoms with E-state index in [1.165, 1.54) is 23.6 Å². The molecule has 0 bridgehead atoms. The molecule has 0 spiro atoms. The SMILES string of the molecule is CCC(CC)CN(CC)c1nc(CCl)cc2ccccc12. The number of aromatic nitrogens is 1. The van der Waals surface area contributed by atoms with Crippen molar-refractivity contribution in [2.24, 2.45) is 5.92 Å². The lowest BCUT2D eigenvalue weighted by atomic mass is 10.0. The maximum Gasteiger partial charge on any atom is 0.136 e. The van der Waals surface area contributed by atoms with Crippen molar-refractivity contribution < 1.29 is 0 Å². The quantitative estimate of drug-likeness (QED) is 0.651. The molecule has 114 valence electrons. The van der Waals surface area contributed by atoms with Crippen LogP contribution in [0.25, 0.3) is 10.8 Å². The monoisotopic (exact) mass is 304 g/mol. The lowest BCUT2D eigenvalue weighted by Crippen LogP contribution is -2.30. The Hall–Kier alpha value is -1.28. The van der Waals surface area contributed by atoms with E-state index in [-0.39, 0.29) is 0 Å². The maximum absolute atomic E-state index is 6.03. The number of benzene rings is 1. The van der Waals surface area contributed by atoms with Gasteiger partial charge in [0.1, 0.15) is 5.82 Å². The predicted octanol–water partition coefficient (Wildman–Crippen LogP) is 5.24. The zero-order valence-corrected chi connectivity index (χ0v) is 14.0. The molecule has 1 aromatic carbocycles. The van der Waals surface area contributed by atoms with Crippen molar-refractivity contribution in [1.82, 2.24) is 4.98 Å². The summed E-state index contributed by atoms with van der Waals surface area (Å²) in [6, 6.07) is 10.5. The first-order valence-electron chi connectivity index (χ1n) is 7.92. The highest BCUT2D eigenvalue weighted by Crippen LogP contribution is 2.27. The van der Waals surface area contributed by atoms with E-state index in [1.807, 2.05) is 0 Å². The number of hydrogen-bond acceptors (Lipinski definition) is 2. The van der Waals surface area contributed by atoms with Gasteiger partial charge in [-0.15, -0.1) is 11.6 Å². The summed E-state index contributed by atoms with van der Waals surface area (Å²) in [6.45, 7) is 8.77. The average molecular weight is 305 g/mol. The van der Waals surface area contributed by atoms with Crippen LogP contribution in [0.3, 0.4) is 0 Å². The number of fused-ring (bicyclic) bond motifs is 1. The van der Waals surface area contributed by atoms with E-state index in [0.29, 0.717) is 11.8 Å². The van der Waals surface area contributed by atoms with E-state index in [1.54, 1.807) is 0 Å². The standard InChI is InChI=1S/C18H25ClN2/c1-4-14(5-2)13-21(6-3)18-17-10-8-7-9-15(17)11-16(12-19)20-18/h7-11,14H,4-6,12-13H2,1-3H3. The maximum atomic E-state index is 6.03. The van der Waals surface area contributed by atoms with Gasteiger partial charge < -0.3 is 4.90 Å². The number of pyridine rings is 1. The third-order valence-electron chi connectivity index (χ3n) is 4.22. The van der Waals surface area contributed by atoms with Crippen molar-refractivity contribution in [1.29, 1.82) is 0 Å². The average Bonchev–Trinajstić information content (AvgIpc) is 2.55. The zero-order valence-electron chi connectivity index (χ0n) is 13.3. The van der Waals surface area contributed by atoms with Crippen LogP contribution >= 0.6 is 11.6 Å². The predicted molar refractivity (Wildman–Crippen MR) is 93.3 cm³/mol. The molecule has 1 heterocycles. The minimum absolute atomic E-state index is 0.459. The van der Waals surface area contributed by atoms with Gasteiger partial charge in [-0.3, -0.25) is 0 Å². The molecule has 0 N–H and O–H groups in total. The number of hydrogen-bond donors (Lipinski definition) is 0. The summed E-state index contributed by atoms with van der Waals surface area (Å²) >= 11 is 6.03. The van der Waals surface area contributed by atoms with Gasteiger partial charge in [0.25, 0.3) is 0 Å². The summed E-state index contributed by atoms with van der Waals surface area (Å²) in [5, 5.41) is 2.44. The molecule has 2 aromatic rings. The number of alkyl halides is 1. The molecule has 0 radical (unpaired) electrons. The van der Waals surface area contributed by atoms with Gasteiger partial charge in [0.2, 0.25) is 0 Å². The molecule has 2 nitrogen and oxygen atoms in total. The minimum Gasteiger partial charge on any atom is -0.356 e. The van der Waals surface area contributed by atoms with Gasteiger partial charge in [0.15, 0.2) is 0 Å². The number of anilines is 1. The second kappa shape index (κ2) is 7.65. The van der Waals surface area contributed by atoms with Crippen LogP contribution < -0.4 is 4.90 Å².